The van der Waals surface area contributed by atoms with Gasteiger partial charge < -0.3 is 4.90 Å². The number of hydrogen-bond donors (Lipinski definition) is 0. The SMILES string of the molecule is Cc1c(C(=O)N2CCN3CCCCC3C2)nnn1-c1cccc(Cl)c1. The predicted octanol–water partition coefficient (Wildman–Crippen LogP) is 2.54. The lowest BCUT2D eigenvalue weighted by Gasteiger charge is -2.43. The van der Waals surface area contributed by atoms with Crippen LogP contribution in [0.2, 0.25) is 5.02 Å². The summed E-state index contributed by atoms with van der Waals surface area (Å²) in [6.07, 6.45) is 3.71. The number of amides is 1. The van der Waals surface area contributed by atoms with Crippen molar-refractivity contribution in [2.45, 2.75) is 32.2 Å². The molecule has 0 N–H and O–H groups in total. The molecule has 1 unspecified atom stereocenters. The average molecular weight is 360 g/mol. The van der Waals surface area contributed by atoms with E-state index in [-0.39, 0.29) is 5.91 Å². The number of piperidine rings is 1. The van der Waals surface area contributed by atoms with Crippen LogP contribution in [0.1, 0.15) is 35.4 Å². The zero-order chi connectivity index (χ0) is 17.4. The molecule has 1 amide bonds. The van der Waals surface area contributed by atoms with Gasteiger partial charge in [-0.05, 0) is 44.5 Å². The van der Waals surface area contributed by atoms with Crippen molar-refractivity contribution in [2.24, 2.45) is 0 Å². The van der Waals surface area contributed by atoms with Crippen LogP contribution < -0.4 is 0 Å². The topological polar surface area (TPSA) is 54.3 Å². The Kier molecular flexibility index (Phi) is 4.48. The minimum Gasteiger partial charge on any atom is -0.334 e. The highest BCUT2D eigenvalue weighted by molar-refractivity contribution is 6.30. The summed E-state index contributed by atoms with van der Waals surface area (Å²) in [4.78, 5) is 17.4. The van der Waals surface area contributed by atoms with Crippen molar-refractivity contribution >= 4 is 17.5 Å². The largest absolute Gasteiger partial charge is 0.334 e. The van der Waals surface area contributed by atoms with E-state index in [1.807, 2.05) is 36.1 Å². The lowest BCUT2D eigenvalue weighted by molar-refractivity contribution is 0.0367. The number of hydrogen-bond acceptors (Lipinski definition) is 4. The predicted molar refractivity (Wildman–Crippen MR) is 96.2 cm³/mol. The van der Waals surface area contributed by atoms with Crippen molar-refractivity contribution in [3.63, 3.8) is 0 Å². The van der Waals surface area contributed by atoms with Gasteiger partial charge in [0.1, 0.15) is 0 Å². The van der Waals surface area contributed by atoms with Gasteiger partial charge in [0.15, 0.2) is 5.69 Å². The fourth-order valence-electron chi connectivity index (χ4n) is 3.87. The number of benzene rings is 1. The molecule has 2 fully saturated rings. The lowest BCUT2D eigenvalue weighted by Crippen LogP contribution is -2.56. The molecule has 0 radical (unpaired) electrons. The van der Waals surface area contributed by atoms with E-state index >= 15 is 0 Å². The number of fused-ring (bicyclic) bond motifs is 1. The van der Waals surface area contributed by atoms with Gasteiger partial charge in [-0.2, -0.15) is 0 Å². The number of carbonyl (C=O) groups excluding carboxylic acids is 1. The molecule has 2 aliphatic heterocycles. The van der Waals surface area contributed by atoms with Gasteiger partial charge >= 0.3 is 0 Å². The fraction of sp³-hybridized carbons (Fsp3) is 0.500. The van der Waals surface area contributed by atoms with Gasteiger partial charge in [0.2, 0.25) is 0 Å². The third-order valence-electron chi connectivity index (χ3n) is 5.27. The van der Waals surface area contributed by atoms with Gasteiger partial charge in [-0.3, -0.25) is 9.69 Å². The first-order valence-corrected chi connectivity index (χ1v) is 9.23. The molecule has 0 spiro atoms. The molecule has 2 aliphatic rings. The number of rotatable bonds is 2. The van der Waals surface area contributed by atoms with E-state index in [1.54, 1.807) is 4.68 Å². The minimum atomic E-state index is -0.0176. The highest BCUT2D eigenvalue weighted by atomic mass is 35.5. The van der Waals surface area contributed by atoms with Gasteiger partial charge in [-0.1, -0.05) is 29.3 Å². The zero-order valence-corrected chi connectivity index (χ0v) is 15.1. The lowest BCUT2D eigenvalue weighted by atomic mass is 9.99. The van der Waals surface area contributed by atoms with Crippen molar-refractivity contribution in [3.05, 3.63) is 40.7 Å². The summed E-state index contributed by atoms with van der Waals surface area (Å²) in [6, 6.07) is 7.89. The minimum absolute atomic E-state index is 0.0176. The van der Waals surface area contributed by atoms with Crippen molar-refractivity contribution in [1.29, 1.82) is 0 Å². The Labute approximate surface area is 152 Å². The molecule has 0 saturated carbocycles. The van der Waals surface area contributed by atoms with E-state index in [0.29, 0.717) is 16.8 Å². The molecule has 2 saturated heterocycles. The molecule has 3 heterocycles. The number of nitrogens with zero attached hydrogens (tertiary/aromatic N) is 5. The second-order valence-electron chi connectivity index (χ2n) is 6.85. The molecule has 1 aromatic carbocycles. The number of halogens is 1. The van der Waals surface area contributed by atoms with Crippen molar-refractivity contribution < 1.29 is 4.79 Å². The monoisotopic (exact) mass is 359 g/mol. The third-order valence-corrected chi connectivity index (χ3v) is 5.51. The molecule has 2 aromatic rings. The zero-order valence-electron chi connectivity index (χ0n) is 14.4. The van der Waals surface area contributed by atoms with E-state index in [1.165, 1.54) is 19.3 Å². The summed E-state index contributed by atoms with van der Waals surface area (Å²) in [7, 11) is 0. The second-order valence-corrected chi connectivity index (χ2v) is 7.29. The summed E-state index contributed by atoms with van der Waals surface area (Å²) in [5.41, 5.74) is 2.00. The van der Waals surface area contributed by atoms with Gasteiger partial charge in [-0.25, -0.2) is 4.68 Å². The quantitative estimate of drug-likeness (QED) is 0.826. The van der Waals surface area contributed by atoms with E-state index in [9.17, 15) is 4.79 Å². The Balaban J connectivity index is 1.55. The molecule has 132 valence electrons. The van der Waals surface area contributed by atoms with E-state index in [0.717, 1.165) is 37.6 Å². The Bertz CT molecular complexity index is 790. The van der Waals surface area contributed by atoms with Gasteiger partial charge in [0.25, 0.3) is 5.91 Å². The molecule has 0 aliphatic carbocycles. The molecule has 7 heteroatoms. The Morgan fingerprint density at radius 3 is 2.96 bits per heavy atom. The first-order chi connectivity index (χ1) is 12.1. The summed E-state index contributed by atoms with van der Waals surface area (Å²) < 4.78 is 1.68. The average Bonchev–Trinajstić information content (AvgIpc) is 3.02. The molecular weight excluding hydrogens is 338 g/mol. The van der Waals surface area contributed by atoms with Gasteiger partial charge in [0, 0.05) is 30.7 Å². The first-order valence-electron chi connectivity index (χ1n) is 8.85. The molecule has 1 atom stereocenters. The van der Waals surface area contributed by atoms with Crippen LogP contribution in [0, 0.1) is 6.92 Å². The number of aromatic nitrogens is 3. The van der Waals surface area contributed by atoms with E-state index < -0.39 is 0 Å². The maximum atomic E-state index is 13.0. The van der Waals surface area contributed by atoms with Gasteiger partial charge in [0.05, 0.1) is 11.4 Å². The van der Waals surface area contributed by atoms with E-state index in [2.05, 4.69) is 15.2 Å². The smallest absolute Gasteiger partial charge is 0.276 e. The van der Waals surface area contributed by atoms with Crippen LogP contribution in [-0.2, 0) is 0 Å². The standard InChI is InChI=1S/C18H22ClN5O/c1-13-17(20-21-24(13)15-7-4-5-14(19)11-15)18(25)23-10-9-22-8-3-2-6-16(22)12-23/h4-5,7,11,16H,2-3,6,8-10,12H2,1H3. The number of piperazine rings is 1. The van der Waals surface area contributed by atoms with Crippen LogP contribution >= 0.6 is 11.6 Å². The van der Waals surface area contributed by atoms with Crippen molar-refractivity contribution in [2.75, 3.05) is 26.2 Å². The highest BCUT2D eigenvalue weighted by Crippen LogP contribution is 2.23. The summed E-state index contributed by atoms with van der Waals surface area (Å²) in [6.45, 7) is 5.56. The van der Waals surface area contributed by atoms with Crippen LogP contribution in [0.15, 0.2) is 24.3 Å². The molecule has 1 aromatic heterocycles. The second kappa shape index (κ2) is 6.77. The van der Waals surface area contributed by atoms with Crippen LogP contribution in [0.5, 0.6) is 0 Å². The molecule has 6 nitrogen and oxygen atoms in total. The van der Waals surface area contributed by atoms with Crippen LogP contribution in [0.25, 0.3) is 5.69 Å². The Morgan fingerprint density at radius 2 is 2.12 bits per heavy atom. The van der Waals surface area contributed by atoms with Crippen LogP contribution in [-0.4, -0.2) is 62.9 Å². The molecule has 25 heavy (non-hydrogen) atoms. The van der Waals surface area contributed by atoms with Crippen molar-refractivity contribution in [1.82, 2.24) is 24.8 Å². The number of carbonyl (C=O) groups is 1. The summed E-state index contributed by atoms with van der Waals surface area (Å²) in [5, 5.41) is 8.97. The fourth-order valence-corrected chi connectivity index (χ4v) is 4.05. The molecular formula is C18H22ClN5O. The van der Waals surface area contributed by atoms with Crippen molar-refractivity contribution in [3.8, 4) is 5.69 Å². The van der Waals surface area contributed by atoms with E-state index in [4.69, 9.17) is 11.6 Å². The Hall–Kier alpha value is -1.92. The first kappa shape index (κ1) is 16.5. The van der Waals surface area contributed by atoms with Crippen LogP contribution in [0.4, 0.5) is 0 Å². The highest BCUT2D eigenvalue weighted by Gasteiger charge is 2.33. The normalized spacial score (nSPS) is 21.2. The Morgan fingerprint density at radius 1 is 1.24 bits per heavy atom. The van der Waals surface area contributed by atoms with Gasteiger partial charge in [-0.15, -0.1) is 5.10 Å². The maximum absolute atomic E-state index is 13.0. The summed E-state index contributed by atoms with van der Waals surface area (Å²) >= 11 is 6.06. The molecule has 4 rings (SSSR count). The van der Waals surface area contributed by atoms with Crippen LogP contribution in [0.3, 0.4) is 0 Å². The third kappa shape index (κ3) is 3.16. The summed E-state index contributed by atoms with van der Waals surface area (Å²) in [5.74, 6) is -0.0176. The molecule has 0 bridgehead atoms. The maximum Gasteiger partial charge on any atom is 0.276 e.